The SMILES string of the molecule is Fc1cccc2c3ccccc3n(-c3ccccc3-c3ccc(N(c4ccc(-c5cccc6sc7ccccc7c56)cc4)c4cccc(-c5ccccc5)c4)cc3)c12. The van der Waals surface area contributed by atoms with E-state index >= 15 is 4.39 Å². The Bertz CT molecular complexity index is 3290. The molecule has 0 aliphatic rings. The number of fused-ring (bicyclic) bond motifs is 6. The maximum atomic E-state index is 15.7. The first kappa shape index (κ1) is 34.0. The van der Waals surface area contributed by atoms with E-state index in [0.29, 0.717) is 5.52 Å². The molecule has 4 heteroatoms. The van der Waals surface area contributed by atoms with Gasteiger partial charge in [-0.2, -0.15) is 0 Å². The highest BCUT2D eigenvalue weighted by molar-refractivity contribution is 7.25. The number of anilines is 3. The van der Waals surface area contributed by atoms with Crippen molar-refractivity contribution in [1.29, 1.82) is 0 Å². The van der Waals surface area contributed by atoms with Crippen LogP contribution >= 0.6 is 11.3 Å². The summed E-state index contributed by atoms with van der Waals surface area (Å²) in [5.41, 5.74) is 12.5. The molecule has 0 N–H and O–H groups in total. The lowest BCUT2D eigenvalue weighted by molar-refractivity contribution is 0.635. The van der Waals surface area contributed by atoms with Gasteiger partial charge in [-0.15, -0.1) is 11.3 Å². The Morgan fingerprint density at radius 3 is 1.79 bits per heavy atom. The second kappa shape index (κ2) is 14.0. The number of halogens is 1. The molecular weight excluding hydrogens is 728 g/mol. The Morgan fingerprint density at radius 1 is 0.397 bits per heavy atom. The third kappa shape index (κ3) is 5.69. The van der Waals surface area contributed by atoms with Gasteiger partial charge in [0.1, 0.15) is 5.82 Å². The molecular formula is C54H35FN2S. The normalized spacial score (nSPS) is 11.5. The van der Waals surface area contributed by atoms with Crippen molar-refractivity contribution < 1.29 is 4.39 Å². The third-order valence-corrected chi connectivity index (χ3v) is 12.4. The Kier molecular flexibility index (Phi) is 8.23. The molecule has 2 nitrogen and oxygen atoms in total. The van der Waals surface area contributed by atoms with Gasteiger partial charge in [0.2, 0.25) is 0 Å². The van der Waals surface area contributed by atoms with Gasteiger partial charge in [-0.1, -0.05) is 146 Å². The van der Waals surface area contributed by atoms with Crippen LogP contribution in [0.15, 0.2) is 212 Å². The molecule has 0 radical (unpaired) electrons. The van der Waals surface area contributed by atoms with Crippen molar-refractivity contribution in [3.8, 4) is 39.1 Å². The van der Waals surface area contributed by atoms with Gasteiger partial charge in [0.05, 0.1) is 16.7 Å². The van der Waals surface area contributed by atoms with Crippen LogP contribution in [0.2, 0.25) is 0 Å². The van der Waals surface area contributed by atoms with Crippen molar-refractivity contribution in [1.82, 2.24) is 4.57 Å². The summed E-state index contributed by atoms with van der Waals surface area (Å²) >= 11 is 1.85. The zero-order chi connectivity index (χ0) is 38.6. The average molecular weight is 763 g/mol. The molecule has 274 valence electrons. The average Bonchev–Trinajstić information content (AvgIpc) is 3.84. The summed E-state index contributed by atoms with van der Waals surface area (Å²) < 4.78 is 20.4. The Hall–Kier alpha value is -7.27. The summed E-state index contributed by atoms with van der Waals surface area (Å²) in [5, 5.41) is 4.54. The van der Waals surface area contributed by atoms with Crippen LogP contribution < -0.4 is 4.90 Å². The second-order valence-electron chi connectivity index (χ2n) is 14.6. The van der Waals surface area contributed by atoms with Gasteiger partial charge < -0.3 is 9.47 Å². The zero-order valence-electron chi connectivity index (χ0n) is 31.4. The lowest BCUT2D eigenvalue weighted by Crippen LogP contribution is -2.10. The highest BCUT2D eigenvalue weighted by Gasteiger charge is 2.19. The van der Waals surface area contributed by atoms with Crippen LogP contribution in [0.3, 0.4) is 0 Å². The van der Waals surface area contributed by atoms with Crippen LogP contribution in [0.25, 0.3) is 81.0 Å². The summed E-state index contributed by atoms with van der Waals surface area (Å²) in [6, 6.07) is 74.2. The van der Waals surface area contributed by atoms with E-state index < -0.39 is 0 Å². The van der Waals surface area contributed by atoms with Gasteiger partial charge in [-0.25, -0.2) is 4.39 Å². The summed E-state index contributed by atoms with van der Waals surface area (Å²) in [7, 11) is 0. The molecule has 0 spiro atoms. The summed E-state index contributed by atoms with van der Waals surface area (Å²) in [5.74, 6) is -0.237. The van der Waals surface area contributed by atoms with Crippen LogP contribution in [0.5, 0.6) is 0 Å². The van der Waals surface area contributed by atoms with Crippen molar-refractivity contribution in [2.75, 3.05) is 4.90 Å². The number of para-hydroxylation sites is 3. The van der Waals surface area contributed by atoms with Crippen molar-refractivity contribution in [2.45, 2.75) is 0 Å². The van der Waals surface area contributed by atoms with E-state index in [4.69, 9.17) is 0 Å². The Morgan fingerprint density at radius 2 is 0.983 bits per heavy atom. The number of aromatic nitrogens is 1. The van der Waals surface area contributed by atoms with E-state index in [0.717, 1.165) is 55.7 Å². The van der Waals surface area contributed by atoms with Crippen LogP contribution in [-0.2, 0) is 0 Å². The van der Waals surface area contributed by atoms with E-state index in [1.807, 2.05) is 35.6 Å². The number of benzene rings is 9. The van der Waals surface area contributed by atoms with Crippen LogP contribution in [-0.4, -0.2) is 4.57 Å². The molecule has 0 amide bonds. The zero-order valence-corrected chi connectivity index (χ0v) is 32.2. The highest BCUT2D eigenvalue weighted by atomic mass is 32.1. The maximum absolute atomic E-state index is 15.7. The van der Waals surface area contributed by atoms with Gasteiger partial charge in [-0.3, -0.25) is 0 Å². The van der Waals surface area contributed by atoms with E-state index in [9.17, 15) is 0 Å². The quantitative estimate of drug-likeness (QED) is 0.157. The Balaban J connectivity index is 1.03. The van der Waals surface area contributed by atoms with Crippen LogP contribution in [0.4, 0.5) is 21.5 Å². The lowest BCUT2D eigenvalue weighted by atomic mass is 9.98. The minimum atomic E-state index is -0.237. The monoisotopic (exact) mass is 762 g/mol. The minimum Gasteiger partial charge on any atom is -0.310 e. The third-order valence-electron chi connectivity index (χ3n) is 11.3. The fourth-order valence-corrected chi connectivity index (χ4v) is 9.77. The molecule has 0 fully saturated rings. The molecule has 0 aliphatic carbocycles. The first-order chi connectivity index (χ1) is 28.7. The van der Waals surface area contributed by atoms with E-state index in [2.05, 4.69) is 185 Å². The Labute approximate surface area is 339 Å². The smallest absolute Gasteiger partial charge is 0.147 e. The minimum absolute atomic E-state index is 0.237. The molecule has 2 aromatic heterocycles. The molecule has 2 heterocycles. The van der Waals surface area contributed by atoms with E-state index in [-0.39, 0.29) is 5.82 Å². The van der Waals surface area contributed by atoms with Gasteiger partial charge in [0, 0.05) is 53.6 Å². The van der Waals surface area contributed by atoms with Crippen molar-refractivity contribution >= 4 is 70.4 Å². The number of hydrogen-bond donors (Lipinski definition) is 0. The van der Waals surface area contributed by atoms with Gasteiger partial charge in [0.15, 0.2) is 0 Å². The number of nitrogens with zero attached hydrogens (tertiary/aromatic N) is 2. The predicted octanol–water partition coefficient (Wildman–Crippen LogP) is 15.8. The molecule has 0 bridgehead atoms. The molecule has 0 unspecified atom stereocenters. The molecule has 0 saturated heterocycles. The fraction of sp³-hybridized carbons (Fsp3) is 0. The topological polar surface area (TPSA) is 8.17 Å². The largest absolute Gasteiger partial charge is 0.310 e. The number of thiophene rings is 1. The van der Waals surface area contributed by atoms with Gasteiger partial charge in [0.25, 0.3) is 0 Å². The van der Waals surface area contributed by atoms with Crippen LogP contribution in [0, 0.1) is 5.82 Å². The van der Waals surface area contributed by atoms with Crippen molar-refractivity contribution in [2.24, 2.45) is 0 Å². The molecule has 9 aromatic carbocycles. The molecule has 11 rings (SSSR count). The van der Waals surface area contributed by atoms with Crippen LogP contribution in [0.1, 0.15) is 0 Å². The van der Waals surface area contributed by atoms with Gasteiger partial charge in [-0.05, 0) is 94.5 Å². The maximum Gasteiger partial charge on any atom is 0.147 e. The number of hydrogen-bond acceptors (Lipinski definition) is 2. The lowest BCUT2D eigenvalue weighted by Gasteiger charge is -2.26. The van der Waals surface area contributed by atoms with E-state index in [1.165, 1.54) is 36.9 Å². The molecule has 11 aromatic rings. The standard InChI is InChI=1S/C54H35FN2S/c55-48-22-11-21-46-45-18-5-8-24-50(45)57(54(46)48)49-23-7-4-17-43(49)37-27-31-40(32-28-37)56(42-16-10-15-39(35-42)36-13-2-1-3-14-36)41-33-29-38(30-34-41)44-20-12-26-52-53(44)47-19-6-9-25-51(47)58-52/h1-35H. The number of rotatable bonds is 7. The summed E-state index contributed by atoms with van der Waals surface area (Å²) in [4.78, 5) is 2.33. The second-order valence-corrected chi connectivity index (χ2v) is 15.7. The first-order valence-corrected chi connectivity index (χ1v) is 20.4. The molecule has 0 saturated carbocycles. The van der Waals surface area contributed by atoms with E-state index in [1.54, 1.807) is 12.1 Å². The molecule has 58 heavy (non-hydrogen) atoms. The fourth-order valence-electron chi connectivity index (χ4n) is 8.64. The summed E-state index contributed by atoms with van der Waals surface area (Å²) in [6.45, 7) is 0. The molecule has 0 aliphatic heterocycles. The summed E-state index contributed by atoms with van der Waals surface area (Å²) in [6.07, 6.45) is 0. The highest BCUT2D eigenvalue weighted by Crippen LogP contribution is 2.43. The van der Waals surface area contributed by atoms with Crippen molar-refractivity contribution in [3.63, 3.8) is 0 Å². The predicted molar refractivity (Wildman–Crippen MR) is 245 cm³/mol. The van der Waals surface area contributed by atoms with Crippen molar-refractivity contribution in [3.05, 3.63) is 218 Å². The van der Waals surface area contributed by atoms with Gasteiger partial charge >= 0.3 is 0 Å². The first-order valence-electron chi connectivity index (χ1n) is 19.5. The molecule has 0 atom stereocenters.